The summed E-state index contributed by atoms with van der Waals surface area (Å²) in [5.41, 5.74) is 1.46. The van der Waals surface area contributed by atoms with Crippen molar-refractivity contribution in [2.24, 2.45) is 5.41 Å². The Morgan fingerprint density at radius 3 is 2.69 bits per heavy atom. The summed E-state index contributed by atoms with van der Waals surface area (Å²) in [5, 5.41) is 4.35. The second-order valence-corrected chi connectivity index (χ2v) is 5.33. The van der Waals surface area contributed by atoms with Crippen LogP contribution in [0.25, 0.3) is 0 Å². The van der Waals surface area contributed by atoms with Gasteiger partial charge in [0.25, 0.3) is 0 Å². The highest BCUT2D eigenvalue weighted by molar-refractivity contribution is 6.31. The van der Waals surface area contributed by atoms with Crippen LogP contribution in [0.1, 0.15) is 25.5 Å². The van der Waals surface area contributed by atoms with E-state index < -0.39 is 0 Å². The van der Waals surface area contributed by atoms with Gasteiger partial charge in [-0.25, -0.2) is 0 Å². The quantitative estimate of drug-likeness (QED) is 0.872. The zero-order valence-electron chi connectivity index (χ0n) is 9.79. The average molecular weight is 240 g/mol. The Balaban J connectivity index is 1.93. The zero-order valence-corrected chi connectivity index (χ0v) is 10.6. The van der Waals surface area contributed by atoms with E-state index >= 15 is 0 Å². The topological polar surface area (TPSA) is 21.3 Å². The molecule has 0 spiro atoms. The van der Waals surface area contributed by atoms with E-state index in [2.05, 4.69) is 25.2 Å². The number of halogens is 1. The van der Waals surface area contributed by atoms with E-state index in [-0.39, 0.29) is 6.04 Å². The first-order valence-corrected chi connectivity index (χ1v) is 6.04. The van der Waals surface area contributed by atoms with Crippen molar-refractivity contribution in [1.82, 2.24) is 5.32 Å². The summed E-state index contributed by atoms with van der Waals surface area (Å²) >= 11 is 6.15. The third-order valence-corrected chi connectivity index (χ3v) is 3.45. The molecule has 1 saturated heterocycles. The van der Waals surface area contributed by atoms with Gasteiger partial charge in [-0.2, -0.15) is 0 Å². The predicted octanol–water partition coefficient (Wildman–Crippen LogP) is 3.03. The summed E-state index contributed by atoms with van der Waals surface area (Å²) in [6.07, 6.45) is 0. The lowest BCUT2D eigenvalue weighted by atomic mass is 9.88. The van der Waals surface area contributed by atoms with E-state index in [1.54, 1.807) is 0 Å². The maximum atomic E-state index is 6.15. The third kappa shape index (κ3) is 2.57. The van der Waals surface area contributed by atoms with Crippen LogP contribution in [0.15, 0.2) is 24.3 Å². The minimum atomic E-state index is 0.283. The van der Waals surface area contributed by atoms with E-state index in [0.717, 1.165) is 30.3 Å². The molecule has 88 valence electrons. The molecule has 1 heterocycles. The van der Waals surface area contributed by atoms with Crippen LogP contribution in [0.4, 0.5) is 0 Å². The van der Waals surface area contributed by atoms with Crippen molar-refractivity contribution in [2.45, 2.75) is 19.9 Å². The zero-order chi connectivity index (χ0) is 11.6. The molecular formula is C13H18ClNO. The molecule has 1 aromatic carbocycles. The summed E-state index contributed by atoms with van der Waals surface area (Å²) in [6, 6.07) is 8.27. The number of hydrogen-bond donors (Lipinski definition) is 1. The van der Waals surface area contributed by atoms with E-state index in [1.807, 2.05) is 18.2 Å². The summed E-state index contributed by atoms with van der Waals surface area (Å²) in [7, 11) is 0. The van der Waals surface area contributed by atoms with Gasteiger partial charge in [-0.15, -0.1) is 0 Å². The number of ether oxygens (including phenoxy) is 1. The van der Waals surface area contributed by atoms with Crippen molar-refractivity contribution < 1.29 is 4.74 Å². The molecular weight excluding hydrogens is 222 g/mol. The lowest BCUT2D eigenvalue weighted by Gasteiger charge is -2.39. The van der Waals surface area contributed by atoms with Crippen molar-refractivity contribution >= 4 is 11.6 Å². The van der Waals surface area contributed by atoms with Gasteiger partial charge in [0, 0.05) is 23.0 Å². The first-order chi connectivity index (χ1) is 7.61. The summed E-state index contributed by atoms with van der Waals surface area (Å²) < 4.78 is 5.23. The van der Waals surface area contributed by atoms with Crippen LogP contribution >= 0.6 is 11.6 Å². The van der Waals surface area contributed by atoms with Crippen LogP contribution in [-0.2, 0) is 4.74 Å². The lowest BCUT2D eigenvalue weighted by Crippen LogP contribution is -2.47. The summed E-state index contributed by atoms with van der Waals surface area (Å²) in [6.45, 7) is 7.07. The van der Waals surface area contributed by atoms with Crippen LogP contribution in [0.3, 0.4) is 0 Å². The van der Waals surface area contributed by atoms with E-state index in [1.165, 1.54) is 0 Å². The fourth-order valence-electron chi connectivity index (χ4n) is 1.89. The number of rotatable bonds is 4. The van der Waals surface area contributed by atoms with Crippen molar-refractivity contribution in [3.05, 3.63) is 34.9 Å². The highest BCUT2D eigenvalue weighted by Crippen LogP contribution is 2.27. The Labute approximate surface area is 102 Å². The van der Waals surface area contributed by atoms with Gasteiger partial charge in [-0.1, -0.05) is 36.7 Å². The second-order valence-electron chi connectivity index (χ2n) is 4.93. The first kappa shape index (κ1) is 11.9. The molecule has 0 saturated carbocycles. The molecule has 3 heteroatoms. The molecule has 0 aliphatic carbocycles. The Kier molecular flexibility index (Phi) is 3.53. The molecule has 0 amide bonds. The molecule has 1 fully saturated rings. The molecule has 2 rings (SSSR count). The molecule has 1 aromatic rings. The molecule has 1 aliphatic rings. The number of hydrogen-bond acceptors (Lipinski definition) is 2. The van der Waals surface area contributed by atoms with Gasteiger partial charge in [-0.3, -0.25) is 0 Å². The summed E-state index contributed by atoms with van der Waals surface area (Å²) in [4.78, 5) is 0. The maximum Gasteiger partial charge on any atom is 0.0554 e. The minimum Gasteiger partial charge on any atom is -0.380 e. The molecule has 1 N–H and O–H groups in total. The lowest BCUT2D eigenvalue weighted by molar-refractivity contribution is -0.0999. The third-order valence-electron chi connectivity index (χ3n) is 3.11. The monoisotopic (exact) mass is 239 g/mol. The van der Waals surface area contributed by atoms with Crippen LogP contribution < -0.4 is 5.32 Å². The minimum absolute atomic E-state index is 0.283. The molecule has 0 radical (unpaired) electrons. The van der Waals surface area contributed by atoms with Gasteiger partial charge >= 0.3 is 0 Å². The van der Waals surface area contributed by atoms with Crippen molar-refractivity contribution in [3.63, 3.8) is 0 Å². The van der Waals surface area contributed by atoms with Gasteiger partial charge in [0.1, 0.15) is 0 Å². The van der Waals surface area contributed by atoms with E-state index in [4.69, 9.17) is 16.3 Å². The Hall–Kier alpha value is -0.570. The van der Waals surface area contributed by atoms with E-state index in [9.17, 15) is 0 Å². The number of benzene rings is 1. The van der Waals surface area contributed by atoms with Crippen molar-refractivity contribution in [2.75, 3.05) is 19.8 Å². The molecule has 16 heavy (non-hydrogen) atoms. The van der Waals surface area contributed by atoms with Crippen LogP contribution in [0.2, 0.25) is 5.02 Å². The predicted molar refractivity (Wildman–Crippen MR) is 66.8 cm³/mol. The van der Waals surface area contributed by atoms with Crippen LogP contribution in [0, 0.1) is 5.41 Å². The Morgan fingerprint density at radius 1 is 1.44 bits per heavy atom. The van der Waals surface area contributed by atoms with Crippen LogP contribution in [0.5, 0.6) is 0 Å². The van der Waals surface area contributed by atoms with Gasteiger partial charge in [0.15, 0.2) is 0 Å². The Bertz CT molecular complexity index is 363. The van der Waals surface area contributed by atoms with Gasteiger partial charge in [-0.05, 0) is 18.6 Å². The van der Waals surface area contributed by atoms with E-state index in [0.29, 0.717) is 5.41 Å². The van der Waals surface area contributed by atoms with Crippen molar-refractivity contribution in [3.8, 4) is 0 Å². The molecule has 0 bridgehead atoms. The average Bonchev–Trinajstić information content (AvgIpc) is 2.24. The van der Waals surface area contributed by atoms with Crippen LogP contribution in [-0.4, -0.2) is 19.8 Å². The molecule has 0 aromatic heterocycles. The normalized spacial score (nSPS) is 20.2. The first-order valence-electron chi connectivity index (χ1n) is 5.66. The smallest absolute Gasteiger partial charge is 0.0554 e. The standard InChI is InChI=1S/C13H18ClNO/c1-10(11-5-3-4-6-12(11)14)15-7-13(2)8-16-9-13/h3-6,10,15H,7-9H2,1-2H3/t10-/m1/s1. The largest absolute Gasteiger partial charge is 0.380 e. The highest BCUT2D eigenvalue weighted by atomic mass is 35.5. The highest BCUT2D eigenvalue weighted by Gasteiger charge is 2.33. The molecule has 2 nitrogen and oxygen atoms in total. The molecule has 1 atom stereocenters. The number of nitrogens with one attached hydrogen (secondary N) is 1. The second kappa shape index (κ2) is 4.74. The maximum absolute atomic E-state index is 6.15. The van der Waals surface area contributed by atoms with Gasteiger partial charge in [0.2, 0.25) is 0 Å². The Morgan fingerprint density at radius 2 is 2.12 bits per heavy atom. The molecule has 1 aliphatic heterocycles. The SMILES string of the molecule is C[C@@H](NCC1(C)COC1)c1ccccc1Cl. The fraction of sp³-hybridized carbons (Fsp3) is 0.538. The van der Waals surface area contributed by atoms with Gasteiger partial charge < -0.3 is 10.1 Å². The molecule has 0 unspecified atom stereocenters. The fourth-order valence-corrected chi connectivity index (χ4v) is 2.19. The van der Waals surface area contributed by atoms with Gasteiger partial charge in [0.05, 0.1) is 13.2 Å². The van der Waals surface area contributed by atoms with Crippen molar-refractivity contribution in [1.29, 1.82) is 0 Å². The summed E-state index contributed by atoms with van der Waals surface area (Å²) in [5.74, 6) is 0.